The molecule has 0 aromatic carbocycles. The summed E-state index contributed by atoms with van der Waals surface area (Å²) < 4.78 is 0.780. The molecule has 84 valence electrons. The Labute approximate surface area is 99.6 Å². The highest BCUT2D eigenvalue weighted by Crippen LogP contribution is 2.14. The standard InChI is InChI=1S/C9H11BrN2O.C2H6/c1-6-4-7(5-11-8(6)10)9(13)12(2)3;1-2/h4-5H,1-3H3;1-2H3. The van der Waals surface area contributed by atoms with E-state index < -0.39 is 0 Å². The van der Waals surface area contributed by atoms with Crippen LogP contribution in [-0.4, -0.2) is 29.9 Å². The molecule has 0 aliphatic carbocycles. The Morgan fingerprint density at radius 2 is 1.93 bits per heavy atom. The second-order valence-corrected chi connectivity index (χ2v) is 3.78. The van der Waals surface area contributed by atoms with Gasteiger partial charge in [0.05, 0.1) is 5.56 Å². The average Bonchev–Trinajstić information content (AvgIpc) is 2.24. The summed E-state index contributed by atoms with van der Waals surface area (Å²) >= 11 is 3.28. The third-order valence-corrected chi connectivity index (χ3v) is 2.50. The first-order valence-electron chi connectivity index (χ1n) is 4.86. The average molecular weight is 273 g/mol. The maximum Gasteiger partial charge on any atom is 0.254 e. The van der Waals surface area contributed by atoms with Crippen LogP contribution in [0.5, 0.6) is 0 Å². The van der Waals surface area contributed by atoms with Crippen molar-refractivity contribution < 1.29 is 4.79 Å². The fraction of sp³-hybridized carbons (Fsp3) is 0.455. The Morgan fingerprint density at radius 3 is 2.33 bits per heavy atom. The molecule has 4 heteroatoms. The van der Waals surface area contributed by atoms with Crippen molar-refractivity contribution >= 4 is 21.8 Å². The predicted molar refractivity (Wildman–Crippen MR) is 66.0 cm³/mol. The minimum Gasteiger partial charge on any atom is -0.345 e. The highest BCUT2D eigenvalue weighted by atomic mass is 79.9. The number of amides is 1. The number of aryl methyl sites for hydroxylation is 1. The van der Waals surface area contributed by atoms with Gasteiger partial charge in [-0.05, 0) is 34.5 Å². The molecule has 0 saturated heterocycles. The van der Waals surface area contributed by atoms with E-state index in [1.54, 1.807) is 20.3 Å². The van der Waals surface area contributed by atoms with E-state index in [0.717, 1.165) is 10.2 Å². The molecule has 0 unspecified atom stereocenters. The molecule has 0 spiro atoms. The molecule has 1 aromatic rings. The largest absolute Gasteiger partial charge is 0.345 e. The second-order valence-electron chi connectivity index (χ2n) is 3.03. The summed E-state index contributed by atoms with van der Waals surface area (Å²) in [7, 11) is 3.44. The maximum absolute atomic E-state index is 11.5. The van der Waals surface area contributed by atoms with Crippen LogP contribution in [0.25, 0.3) is 0 Å². The van der Waals surface area contributed by atoms with Crippen molar-refractivity contribution in [3.63, 3.8) is 0 Å². The quantitative estimate of drug-likeness (QED) is 0.737. The van der Waals surface area contributed by atoms with E-state index in [9.17, 15) is 4.79 Å². The third-order valence-electron chi connectivity index (χ3n) is 1.67. The Morgan fingerprint density at radius 1 is 1.40 bits per heavy atom. The van der Waals surface area contributed by atoms with E-state index in [-0.39, 0.29) is 5.91 Å². The lowest BCUT2D eigenvalue weighted by Crippen LogP contribution is -2.21. The molecular weight excluding hydrogens is 256 g/mol. The number of aromatic nitrogens is 1. The molecule has 0 atom stereocenters. The first kappa shape index (κ1) is 14.1. The van der Waals surface area contributed by atoms with Gasteiger partial charge in [-0.15, -0.1) is 0 Å². The van der Waals surface area contributed by atoms with Gasteiger partial charge in [-0.25, -0.2) is 4.98 Å². The van der Waals surface area contributed by atoms with Crippen molar-refractivity contribution in [1.29, 1.82) is 0 Å². The van der Waals surface area contributed by atoms with Crippen LogP contribution in [0.1, 0.15) is 29.8 Å². The molecule has 0 radical (unpaired) electrons. The number of halogens is 1. The first-order valence-corrected chi connectivity index (χ1v) is 5.65. The van der Waals surface area contributed by atoms with Crippen LogP contribution in [-0.2, 0) is 0 Å². The van der Waals surface area contributed by atoms with Gasteiger partial charge in [0.1, 0.15) is 4.60 Å². The minimum absolute atomic E-state index is 0.0249. The summed E-state index contributed by atoms with van der Waals surface area (Å²) in [5, 5.41) is 0. The topological polar surface area (TPSA) is 33.2 Å². The zero-order valence-electron chi connectivity index (χ0n) is 9.84. The van der Waals surface area contributed by atoms with Gasteiger partial charge in [0, 0.05) is 20.3 Å². The maximum atomic E-state index is 11.5. The molecule has 0 saturated carbocycles. The Kier molecular flexibility index (Phi) is 6.17. The van der Waals surface area contributed by atoms with Crippen LogP contribution in [0.4, 0.5) is 0 Å². The lowest BCUT2D eigenvalue weighted by molar-refractivity contribution is 0.0827. The summed E-state index contributed by atoms with van der Waals surface area (Å²) in [5.41, 5.74) is 1.58. The van der Waals surface area contributed by atoms with Crippen molar-refractivity contribution in [2.75, 3.05) is 14.1 Å². The Balaban J connectivity index is 0.000000921. The molecule has 3 nitrogen and oxygen atoms in total. The summed E-state index contributed by atoms with van der Waals surface area (Å²) in [6.45, 7) is 5.91. The zero-order valence-corrected chi connectivity index (χ0v) is 11.4. The highest BCUT2D eigenvalue weighted by Gasteiger charge is 2.09. The molecule has 0 fully saturated rings. The van der Waals surface area contributed by atoms with Crippen molar-refractivity contribution in [1.82, 2.24) is 9.88 Å². The summed E-state index contributed by atoms with van der Waals surface area (Å²) in [6.07, 6.45) is 1.57. The molecule has 1 rings (SSSR count). The first-order chi connectivity index (χ1) is 7.02. The fourth-order valence-corrected chi connectivity index (χ4v) is 1.15. The predicted octanol–water partition coefficient (Wildman–Crippen LogP) is 2.88. The Hall–Kier alpha value is -0.900. The van der Waals surface area contributed by atoms with E-state index in [0.29, 0.717) is 5.56 Å². The molecule has 0 aliphatic heterocycles. The van der Waals surface area contributed by atoms with Crippen molar-refractivity contribution in [3.8, 4) is 0 Å². The van der Waals surface area contributed by atoms with E-state index in [4.69, 9.17) is 0 Å². The van der Waals surface area contributed by atoms with Crippen LogP contribution < -0.4 is 0 Å². The monoisotopic (exact) mass is 272 g/mol. The van der Waals surface area contributed by atoms with E-state index >= 15 is 0 Å². The summed E-state index contributed by atoms with van der Waals surface area (Å²) in [5.74, 6) is -0.0249. The highest BCUT2D eigenvalue weighted by molar-refractivity contribution is 9.10. The van der Waals surface area contributed by atoms with E-state index in [1.807, 2.05) is 26.8 Å². The van der Waals surface area contributed by atoms with Gasteiger partial charge >= 0.3 is 0 Å². The molecule has 0 bridgehead atoms. The van der Waals surface area contributed by atoms with Gasteiger partial charge in [-0.3, -0.25) is 4.79 Å². The van der Waals surface area contributed by atoms with Gasteiger partial charge < -0.3 is 4.90 Å². The molecular formula is C11H17BrN2O. The second kappa shape index (κ2) is 6.56. The summed E-state index contributed by atoms with van der Waals surface area (Å²) in [6, 6.07) is 1.82. The van der Waals surface area contributed by atoms with Crippen molar-refractivity contribution in [2.45, 2.75) is 20.8 Å². The van der Waals surface area contributed by atoms with Crippen LogP contribution in [0.2, 0.25) is 0 Å². The van der Waals surface area contributed by atoms with Crippen molar-refractivity contribution in [3.05, 3.63) is 28.0 Å². The fourth-order valence-electron chi connectivity index (χ4n) is 0.933. The lowest BCUT2D eigenvalue weighted by atomic mass is 10.2. The van der Waals surface area contributed by atoms with Gasteiger partial charge in [-0.1, -0.05) is 13.8 Å². The summed E-state index contributed by atoms with van der Waals surface area (Å²) in [4.78, 5) is 17.1. The number of pyridine rings is 1. The van der Waals surface area contributed by atoms with Gasteiger partial charge in [0.25, 0.3) is 5.91 Å². The SMILES string of the molecule is CC.Cc1cc(C(=O)N(C)C)cnc1Br. The molecule has 1 aromatic heterocycles. The molecule has 0 N–H and O–H groups in total. The Bertz CT molecular complexity index is 337. The number of rotatable bonds is 1. The minimum atomic E-state index is -0.0249. The third kappa shape index (κ3) is 4.00. The molecule has 1 heterocycles. The van der Waals surface area contributed by atoms with Crippen LogP contribution in [0.15, 0.2) is 16.9 Å². The molecule has 0 aliphatic rings. The smallest absolute Gasteiger partial charge is 0.254 e. The number of carbonyl (C=O) groups excluding carboxylic acids is 1. The van der Waals surface area contributed by atoms with Crippen LogP contribution in [0, 0.1) is 6.92 Å². The van der Waals surface area contributed by atoms with Crippen LogP contribution in [0.3, 0.4) is 0 Å². The van der Waals surface area contributed by atoms with Crippen molar-refractivity contribution in [2.24, 2.45) is 0 Å². The number of nitrogens with zero attached hydrogens (tertiary/aromatic N) is 2. The molecule has 15 heavy (non-hydrogen) atoms. The lowest BCUT2D eigenvalue weighted by Gasteiger charge is -2.10. The van der Waals surface area contributed by atoms with Crippen LogP contribution >= 0.6 is 15.9 Å². The van der Waals surface area contributed by atoms with Gasteiger partial charge in [-0.2, -0.15) is 0 Å². The number of carbonyl (C=O) groups is 1. The van der Waals surface area contributed by atoms with Gasteiger partial charge in [0.15, 0.2) is 0 Å². The van der Waals surface area contributed by atoms with Gasteiger partial charge in [0.2, 0.25) is 0 Å². The normalized spacial score (nSPS) is 8.93. The molecule has 1 amide bonds. The van der Waals surface area contributed by atoms with E-state index in [1.165, 1.54) is 4.90 Å². The van der Waals surface area contributed by atoms with E-state index in [2.05, 4.69) is 20.9 Å². The number of hydrogen-bond donors (Lipinski definition) is 0. The number of hydrogen-bond acceptors (Lipinski definition) is 2. The zero-order chi connectivity index (χ0) is 12.0.